The molecule has 1 atom stereocenters. The van der Waals surface area contributed by atoms with Crippen LogP contribution in [0.25, 0.3) is 5.65 Å². The van der Waals surface area contributed by atoms with Crippen molar-refractivity contribution in [3.63, 3.8) is 0 Å². The summed E-state index contributed by atoms with van der Waals surface area (Å²) in [5.41, 5.74) is -0.616. The highest BCUT2D eigenvalue weighted by Gasteiger charge is 2.35. The summed E-state index contributed by atoms with van der Waals surface area (Å²) in [6, 6.07) is 5.52. The Hall–Kier alpha value is -2.44. The molecular formula is C16H14ClF3N6O2S. The average molecular weight is 447 g/mol. The minimum atomic E-state index is -4.75. The molecule has 1 fully saturated rings. The van der Waals surface area contributed by atoms with Gasteiger partial charge in [0.1, 0.15) is 12.1 Å². The minimum Gasteiger partial charge on any atom is -0.354 e. The molecular weight excluding hydrogens is 433 g/mol. The fourth-order valence-corrected chi connectivity index (χ4v) is 4.64. The number of nitrogens with one attached hydrogen (secondary N) is 1. The van der Waals surface area contributed by atoms with E-state index in [1.54, 1.807) is 12.1 Å². The van der Waals surface area contributed by atoms with Crippen LogP contribution < -0.4 is 9.62 Å². The third kappa shape index (κ3) is 4.00. The molecule has 2 aromatic heterocycles. The van der Waals surface area contributed by atoms with Crippen molar-refractivity contribution in [3.8, 4) is 0 Å². The third-order valence-corrected chi connectivity index (χ3v) is 6.38. The second-order valence-electron chi connectivity index (χ2n) is 6.52. The van der Waals surface area contributed by atoms with Gasteiger partial charge in [-0.2, -0.15) is 17.7 Å². The van der Waals surface area contributed by atoms with Crippen LogP contribution in [-0.4, -0.2) is 47.4 Å². The summed E-state index contributed by atoms with van der Waals surface area (Å²) in [5.74, 6) is 0.616. The zero-order valence-electron chi connectivity index (χ0n) is 14.6. The van der Waals surface area contributed by atoms with Crippen LogP contribution in [0.3, 0.4) is 0 Å². The Morgan fingerprint density at radius 3 is 2.76 bits per heavy atom. The van der Waals surface area contributed by atoms with Gasteiger partial charge in [0.25, 0.3) is 0 Å². The summed E-state index contributed by atoms with van der Waals surface area (Å²) >= 11 is 5.56. The highest BCUT2D eigenvalue weighted by atomic mass is 35.5. The van der Waals surface area contributed by atoms with Crippen molar-refractivity contribution in [3.05, 3.63) is 47.2 Å². The van der Waals surface area contributed by atoms with E-state index >= 15 is 0 Å². The average Bonchev–Trinajstić information content (AvgIpc) is 3.29. The molecule has 0 bridgehead atoms. The molecule has 0 spiro atoms. The number of aromatic nitrogens is 4. The van der Waals surface area contributed by atoms with E-state index in [0.29, 0.717) is 37.0 Å². The zero-order chi connectivity index (χ0) is 20.8. The van der Waals surface area contributed by atoms with Gasteiger partial charge in [0.2, 0.25) is 10.0 Å². The predicted molar refractivity (Wildman–Crippen MR) is 98.2 cm³/mol. The van der Waals surface area contributed by atoms with Crippen LogP contribution in [-0.2, 0) is 16.2 Å². The Labute approximate surface area is 168 Å². The summed E-state index contributed by atoms with van der Waals surface area (Å²) < 4.78 is 68.2. The van der Waals surface area contributed by atoms with Gasteiger partial charge in [-0.25, -0.2) is 13.1 Å². The van der Waals surface area contributed by atoms with E-state index in [1.807, 2.05) is 4.90 Å². The summed E-state index contributed by atoms with van der Waals surface area (Å²) in [4.78, 5) is 1.38. The number of hydrogen-bond donors (Lipinski definition) is 1. The molecule has 0 radical (unpaired) electrons. The Bertz CT molecular complexity index is 1170. The molecule has 3 aromatic rings. The van der Waals surface area contributed by atoms with Crippen molar-refractivity contribution in [2.45, 2.75) is 23.5 Å². The summed E-state index contributed by atoms with van der Waals surface area (Å²) in [5, 5.41) is 11.4. The maximum Gasteiger partial charge on any atom is 0.417 e. The van der Waals surface area contributed by atoms with Gasteiger partial charge >= 0.3 is 6.18 Å². The number of nitrogens with zero attached hydrogens (tertiary/aromatic N) is 5. The van der Waals surface area contributed by atoms with Gasteiger partial charge in [0, 0.05) is 19.1 Å². The van der Waals surface area contributed by atoms with Crippen LogP contribution in [0.4, 0.5) is 19.0 Å². The van der Waals surface area contributed by atoms with Gasteiger partial charge in [-0.05, 0) is 36.8 Å². The first-order chi connectivity index (χ1) is 13.6. The largest absolute Gasteiger partial charge is 0.417 e. The van der Waals surface area contributed by atoms with E-state index in [2.05, 4.69) is 20.0 Å². The standard InChI is InChI=1S/C16H14ClF3N6O2S/c17-13-2-1-11(7-12(13)16(18,19)20)29(27,28)24-10-5-6-25(8-10)15-4-3-14-22-21-9-26(14)23-15/h1-4,7,9-10,24H,5-6,8H2. The van der Waals surface area contributed by atoms with Crippen LogP contribution >= 0.6 is 11.6 Å². The molecule has 1 saturated heterocycles. The fourth-order valence-electron chi connectivity index (χ4n) is 3.13. The number of halogens is 4. The molecule has 13 heteroatoms. The van der Waals surface area contributed by atoms with Crippen molar-refractivity contribution >= 4 is 33.1 Å². The first-order valence-electron chi connectivity index (χ1n) is 8.44. The van der Waals surface area contributed by atoms with E-state index < -0.39 is 37.7 Å². The SMILES string of the molecule is O=S(=O)(NC1CCN(c2ccc3nncn3n2)C1)c1ccc(Cl)c(C(F)(F)F)c1. The number of rotatable bonds is 4. The highest BCUT2D eigenvalue weighted by molar-refractivity contribution is 7.89. The molecule has 4 rings (SSSR count). The van der Waals surface area contributed by atoms with Crippen molar-refractivity contribution in [1.82, 2.24) is 24.5 Å². The Kier molecular flexibility index (Phi) is 4.87. The Morgan fingerprint density at radius 2 is 2.00 bits per heavy atom. The zero-order valence-corrected chi connectivity index (χ0v) is 16.2. The van der Waals surface area contributed by atoms with Crippen molar-refractivity contribution in [1.29, 1.82) is 0 Å². The second kappa shape index (κ2) is 7.11. The van der Waals surface area contributed by atoms with Crippen molar-refractivity contribution in [2.75, 3.05) is 18.0 Å². The number of hydrogen-bond acceptors (Lipinski definition) is 6. The maximum absolute atomic E-state index is 13.0. The first kappa shape index (κ1) is 19.9. The first-order valence-corrected chi connectivity index (χ1v) is 10.3. The van der Waals surface area contributed by atoms with Crippen LogP contribution in [0, 0.1) is 0 Å². The molecule has 0 aliphatic carbocycles. The minimum absolute atomic E-state index is 0.319. The van der Waals surface area contributed by atoms with E-state index in [4.69, 9.17) is 11.6 Å². The van der Waals surface area contributed by atoms with Gasteiger partial charge in [-0.3, -0.25) is 0 Å². The Balaban J connectivity index is 1.50. The monoisotopic (exact) mass is 446 g/mol. The van der Waals surface area contributed by atoms with E-state index in [0.717, 1.165) is 12.1 Å². The molecule has 1 aromatic carbocycles. The smallest absolute Gasteiger partial charge is 0.354 e. The van der Waals surface area contributed by atoms with Crippen LogP contribution in [0.15, 0.2) is 41.6 Å². The molecule has 8 nitrogen and oxygen atoms in total. The summed E-state index contributed by atoms with van der Waals surface area (Å²) in [6.07, 6.45) is -2.83. The number of alkyl halides is 3. The van der Waals surface area contributed by atoms with Crippen LogP contribution in [0.2, 0.25) is 5.02 Å². The molecule has 0 amide bonds. The lowest BCUT2D eigenvalue weighted by Crippen LogP contribution is -2.37. The number of fused-ring (bicyclic) bond motifs is 1. The Morgan fingerprint density at radius 1 is 1.21 bits per heavy atom. The van der Waals surface area contributed by atoms with E-state index in [9.17, 15) is 21.6 Å². The van der Waals surface area contributed by atoms with Crippen molar-refractivity contribution < 1.29 is 21.6 Å². The molecule has 29 heavy (non-hydrogen) atoms. The number of sulfonamides is 1. The van der Waals surface area contributed by atoms with Crippen molar-refractivity contribution in [2.24, 2.45) is 0 Å². The topological polar surface area (TPSA) is 92.5 Å². The van der Waals surface area contributed by atoms with Gasteiger partial charge in [-0.15, -0.1) is 15.3 Å². The summed E-state index contributed by atoms with van der Waals surface area (Å²) in [6.45, 7) is 0.849. The lowest BCUT2D eigenvalue weighted by Gasteiger charge is -2.18. The lowest BCUT2D eigenvalue weighted by molar-refractivity contribution is -0.137. The van der Waals surface area contributed by atoms with Crippen LogP contribution in [0.1, 0.15) is 12.0 Å². The quantitative estimate of drug-likeness (QED) is 0.661. The van der Waals surface area contributed by atoms with Crippen LogP contribution in [0.5, 0.6) is 0 Å². The molecule has 1 aliphatic rings. The molecule has 0 saturated carbocycles. The van der Waals surface area contributed by atoms with E-state index in [-0.39, 0.29) is 0 Å². The predicted octanol–water partition coefficient (Wildman–Crippen LogP) is 2.35. The summed E-state index contributed by atoms with van der Waals surface area (Å²) in [7, 11) is -4.16. The van der Waals surface area contributed by atoms with Gasteiger partial charge in [0.15, 0.2) is 5.65 Å². The molecule has 154 valence electrons. The maximum atomic E-state index is 13.0. The fraction of sp³-hybridized carbons (Fsp3) is 0.312. The molecule has 1 N–H and O–H groups in total. The highest BCUT2D eigenvalue weighted by Crippen LogP contribution is 2.36. The van der Waals surface area contributed by atoms with Gasteiger partial charge in [-0.1, -0.05) is 11.6 Å². The normalized spacial score (nSPS) is 17.9. The lowest BCUT2D eigenvalue weighted by atomic mass is 10.2. The molecule has 1 aliphatic heterocycles. The van der Waals surface area contributed by atoms with Gasteiger partial charge < -0.3 is 4.90 Å². The van der Waals surface area contributed by atoms with E-state index in [1.165, 1.54) is 10.8 Å². The molecule has 1 unspecified atom stereocenters. The number of anilines is 1. The second-order valence-corrected chi connectivity index (χ2v) is 8.64. The van der Waals surface area contributed by atoms with Gasteiger partial charge in [0.05, 0.1) is 15.5 Å². The molecule has 3 heterocycles. The third-order valence-electron chi connectivity index (χ3n) is 4.54. The number of benzene rings is 1.